The van der Waals surface area contributed by atoms with Gasteiger partial charge in [0.15, 0.2) is 0 Å². The van der Waals surface area contributed by atoms with Crippen LogP contribution in [-0.2, 0) is 4.74 Å². The van der Waals surface area contributed by atoms with Crippen molar-refractivity contribution in [1.29, 1.82) is 5.26 Å². The largest absolute Gasteiger partial charge is 0.443 e. The van der Waals surface area contributed by atoms with Crippen molar-refractivity contribution in [3.8, 4) is 6.07 Å². The third-order valence-corrected chi connectivity index (χ3v) is 6.82. The van der Waals surface area contributed by atoms with E-state index in [1.54, 1.807) is 33.4 Å². The van der Waals surface area contributed by atoms with Crippen molar-refractivity contribution in [2.24, 2.45) is 5.73 Å². The van der Waals surface area contributed by atoms with Crippen LogP contribution >= 0.6 is 11.8 Å². The van der Waals surface area contributed by atoms with E-state index in [9.17, 15) is 10.1 Å². The molecule has 9 heteroatoms. The van der Waals surface area contributed by atoms with Crippen LogP contribution in [0, 0.1) is 11.3 Å². The molecule has 0 unspecified atom stereocenters. The van der Waals surface area contributed by atoms with Gasteiger partial charge < -0.3 is 15.8 Å². The van der Waals surface area contributed by atoms with E-state index in [1.807, 2.05) is 57.4 Å². The topological polar surface area (TPSA) is 109 Å². The molecule has 1 amide bonds. The predicted octanol–water partition coefficient (Wildman–Crippen LogP) is 5.68. The molecule has 35 heavy (non-hydrogen) atoms. The number of carbonyl (C=O) groups excluding carboxylic acids is 1. The smallest absolute Gasteiger partial charge is 0.420 e. The van der Waals surface area contributed by atoms with Crippen molar-refractivity contribution in [3.63, 3.8) is 0 Å². The number of hydrogen-bond acceptors (Lipinski definition) is 7. The molecule has 8 nitrogen and oxygen atoms in total. The molecule has 0 bridgehead atoms. The van der Waals surface area contributed by atoms with Gasteiger partial charge in [0.1, 0.15) is 23.1 Å². The van der Waals surface area contributed by atoms with E-state index in [1.165, 1.54) is 0 Å². The Bertz CT molecular complexity index is 1250. The summed E-state index contributed by atoms with van der Waals surface area (Å²) in [7, 11) is 0. The first kappa shape index (κ1) is 24.9. The number of benzene rings is 1. The number of thioether (sulfide) groups is 1. The summed E-state index contributed by atoms with van der Waals surface area (Å²) in [4.78, 5) is 16.1. The summed E-state index contributed by atoms with van der Waals surface area (Å²) in [6.07, 6.45) is 6.81. The normalized spacial score (nSPS) is 18.2. The lowest BCUT2D eigenvalue weighted by Gasteiger charge is -2.31. The van der Waals surface area contributed by atoms with E-state index < -0.39 is 11.7 Å². The van der Waals surface area contributed by atoms with Gasteiger partial charge in [0.25, 0.3) is 0 Å². The summed E-state index contributed by atoms with van der Waals surface area (Å²) < 4.78 is 7.46. The fraction of sp³-hybridized carbons (Fsp3) is 0.423. The van der Waals surface area contributed by atoms with E-state index in [0.717, 1.165) is 30.6 Å². The number of fused-ring (bicyclic) bond motifs is 1. The lowest BCUT2D eigenvalue weighted by molar-refractivity contribution is 0.0597. The van der Waals surface area contributed by atoms with Crippen LogP contribution in [0.3, 0.4) is 0 Å². The lowest BCUT2D eigenvalue weighted by atomic mass is 9.91. The zero-order chi connectivity index (χ0) is 25.2. The zero-order valence-corrected chi connectivity index (χ0v) is 21.4. The number of anilines is 3. The molecule has 0 radical (unpaired) electrons. The molecular weight excluding hydrogens is 460 g/mol. The molecule has 2 heterocycles. The van der Waals surface area contributed by atoms with Gasteiger partial charge in [-0.15, -0.1) is 11.8 Å². The first-order valence-electron chi connectivity index (χ1n) is 11.8. The van der Waals surface area contributed by atoms with E-state index >= 15 is 0 Å². The Morgan fingerprint density at radius 1 is 1.26 bits per heavy atom. The Morgan fingerprint density at radius 2 is 1.97 bits per heavy atom. The maximum Gasteiger partial charge on any atom is 0.420 e. The van der Waals surface area contributed by atoms with Crippen molar-refractivity contribution in [3.05, 3.63) is 48.2 Å². The van der Waals surface area contributed by atoms with Crippen molar-refractivity contribution in [2.75, 3.05) is 16.5 Å². The average molecular weight is 493 g/mol. The summed E-state index contributed by atoms with van der Waals surface area (Å²) >= 11 is 1.54. The van der Waals surface area contributed by atoms with E-state index in [4.69, 9.17) is 10.5 Å². The molecule has 184 valence electrons. The minimum atomic E-state index is -0.693. The molecule has 1 fully saturated rings. The molecule has 0 aliphatic heterocycles. The van der Waals surface area contributed by atoms with Gasteiger partial charge in [0.05, 0.1) is 23.1 Å². The summed E-state index contributed by atoms with van der Waals surface area (Å²) in [5.41, 5.74) is 7.87. The number of nitriles is 1. The van der Waals surface area contributed by atoms with E-state index in [0.29, 0.717) is 28.3 Å². The number of rotatable bonds is 5. The van der Waals surface area contributed by atoms with Gasteiger partial charge in [0, 0.05) is 23.0 Å². The lowest BCUT2D eigenvalue weighted by Crippen LogP contribution is -2.35. The predicted molar refractivity (Wildman–Crippen MR) is 140 cm³/mol. The number of carbonyl (C=O) groups is 1. The van der Waals surface area contributed by atoms with Crippen molar-refractivity contribution >= 4 is 40.6 Å². The van der Waals surface area contributed by atoms with Crippen molar-refractivity contribution in [1.82, 2.24) is 9.61 Å². The molecule has 3 N–H and O–H groups in total. The molecule has 2 aromatic heterocycles. The SMILES string of the molecule is CSc1ccccc1N(C(=O)OC(C)(C)C)c1cc(N[C@H]2CC[C@H](N)CC2)c(C#N)c2ccnn12. The quantitative estimate of drug-likeness (QED) is 0.441. The number of nitrogens with two attached hydrogens (primary N) is 1. The minimum absolute atomic E-state index is 0.202. The summed E-state index contributed by atoms with van der Waals surface area (Å²) in [5.74, 6) is 0.495. The monoisotopic (exact) mass is 492 g/mol. The summed E-state index contributed by atoms with van der Waals surface area (Å²) in [6.45, 7) is 5.52. The van der Waals surface area contributed by atoms with Gasteiger partial charge >= 0.3 is 6.09 Å². The Labute approximate surface area is 210 Å². The van der Waals surface area contributed by atoms with Crippen LogP contribution < -0.4 is 16.0 Å². The Balaban J connectivity index is 1.89. The molecule has 0 atom stereocenters. The Morgan fingerprint density at radius 3 is 2.63 bits per heavy atom. The number of pyridine rings is 1. The van der Waals surface area contributed by atoms with Crippen LogP contribution in [0.5, 0.6) is 0 Å². The number of hydrogen-bond donors (Lipinski definition) is 2. The summed E-state index contributed by atoms with van der Waals surface area (Å²) in [5, 5.41) is 18.1. The summed E-state index contributed by atoms with van der Waals surface area (Å²) in [6, 6.07) is 14.1. The molecule has 1 aromatic carbocycles. The first-order chi connectivity index (χ1) is 16.7. The minimum Gasteiger partial charge on any atom is -0.443 e. The van der Waals surface area contributed by atoms with Gasteiger partial charge in [-0.05, 0) is 70.9 Å². The fourth-order valence-electron chi connectivity index (χ4n) is 4.39. The highest BCUT2D eigenvalue weighted by Crippen LogP contribution is 2.38. The molecule has 0 saturated heterocycles. The van der Waals surface area contributed by atoms with Crippen molar-refractivity contribution in [2.45, 2.75) is 69.0 Å². The molecule has 1 saturated carbocycles. The van der Waals surface area contributed by atoms with Gasteiger partial charge in [-0.1, -0.05) is 12.1 Å². The number of para-hydroxylation sites is 1. The number of nitrogens with zero attached hydrogens (tertiary/aromatic N) is 4. The molecule has 1 aliphatic rings. The number of nitrogens with one attached hydrogen (secondary N) is 1. The van der Waals surface area contributed by atoms with Crippen LogP contribution in [0.25, 0.3) is 5.52 Å². The van der Waals surface area contributed by atoms with Crippen molar-refractivity contribution < 1.29 is 9.53 Å². The van der Waals surface area contributed by atoms with Gasteiger partial charge in [-0.2, -0.15) is 10.4 Å². The van der Waals surface area contributed by atoms with E-state index in [2.05, 4.69) is 16.5 Å². The van der Waals surface area contributed by atoms with Crippen LogP contribution in [0.4, 0.5) is 22.0 Å². The highest BCUT2D eigenvalue weighted by Gasteiger charge is 2.30. The second kappa shape index (κ2) is 10.2. The zero-order valence-electron chi connectivity index (χ0n) is 20.6. The second-order valence-corrected chi connectivity index (χ2v) is 10.6. The molecule has 1 aliphatic carbocycles. The van der Waals surface area contributed by atoms with Gasteiger partial charge in [-0.3, -0.25) is 0 Å². The molecule has 0 spiro atoms. The molecular formula is C26H32N6O2S. The highest BCUT2D eigenvalue weighted by molar-refractivity contribution is 7.98. The van der Waals surface area contributed by atoms with Crippen LogP contribution in [0.15, 0.2) is 47.5 Å². The standard InChI is InChI=1S/C26H32N6O2S/c1-26(2,3)34-25(33)31(22-7-5-6-8-23(22)35-4)24-15-20(30-18-11-9-17(28)10-12-18)19(16-27)21-13-14-29-32(21)24/h5-8,13-15,17-18,30H,9-12,28H2,1-4H3/t17-,18-. The van der Waals surface area contributed by atoms with E-state index in [-0.39, 0.29) is 12.1 Å². The van der Waals surface area contributed by atoms with Crippen LogP contribution in [0.2, 0.25) is 0 Å². The van der Waals surface area contributed by atoms with Crippen LogP contribution in [-0.4, -0.2) is 39.6 Å². The van der Waals surface area contributed by atoms with Crippen LogP contribution in [0.1, 0.15) is 52.0 Å². The molecule has 3 aromatic rings. The highest BCUT2D eigenvalue weighted by atomic mass is 32.2. The average Bonchev–Trinajstić information content (AvgIpc) is 3.30. The fourth-order valence-corrected chi connectivity index (χ4v) is 4.97. The number of ether oxygens (including phenoxy) is 1. The maximum absolute atomic E-state index is 13.6. The molecule has 4 rings (SSSR count). The Hall–Kier alpha value is -3.22. The first-order valence-corrected chi connectivity index (χ1v) is 13.0. The number of aromatic nitrogens is 2. The number of amides is 1. The van der Waals surface area contributed by atoms with Gasteiger partial charge in [0.2, 0.25) is 0 Å². The third kappa shape index (κ3) is 5.39. The van der Waals surface area contributed by atoms with Gasteiger partial charge in [-0.25, -0.2) is 14.2 Å². The third-order valence-electron chi connectivity index (χ3n) is 6.03. The second-order valence-electron chi connectivity index (χ2n) is 9.77. The Kier molecular flexibility index (Phi) is 7.24. The maximum atomic E-state index is 13.6.